The first-order chi connectivity index (χ1) is 23.4. The van der Waals surface area contributed by atoms with E-state index in [1.807, 2.05) is 42.3 Å². The van der Waals surface area contributed by atoms with E-state index < -0.39 is 0 Å². The molecule has 2 N–H and O–H groups in total. The fourth-order valence-electron chi connectivity index (χ4n) is 7.40. The van der Waals surface area contributed by atoms with Gasteiger partial charge in [-0.3, -0.25) is 19.4 Å². The molecule has 3 aliphatic heterocycles. The summed E-state index contributed by atoms with van der Waals surface area (Å²) in [7, 11) is 1.65. The van der Waals surface area contributed by atoms with Crippen LogP contribution < -0.4 is 25.3 Å². The number of carbonyl (C=O) groups excluding carboxylic acids is 1. The standard InChI is InChI=1S/C36H45ClN8O3/c1-4-36(46)41-29-20-30(40-34-22-35(39-23-38-34)45-31(12-19-48-45)27-6-5-7-28(37)24(27)2)33(47-3)21-32(29)44-13-10-26(11-14-44)43-17-15-42(16-18-43)25-8-9-25/h4-7,20-23,25-26,31H,1,8-19H2,2-3H3,(H,41,46)(H,38,39,40)/t31-/m1/s1. The number of ether oxygens (including phenoxy) is 1. The second-order valence-corrected chi connectivity index (χ2v) is 13.5. The van der Waals surface area contributed by atoms with Crippen LogP contribution in [0.2, 0.25) is 5.02 Å². The number of benzene rings is 2. The van der Waals surface area contributed by atoms with Crippen molar-refractivity contribution < 1.29 is 14.4 Å². The molecule has 4 heterocycles. The van der Waals surface area contributed by atoms with Gasteiger partial charge in [-0.15, -0.1) is 0 Å². The second-order valence-electron chi connectivity index (χ2n) is 13.1. The Hall–Kier alpha value is -3.90. The Morgan fingerprint density at radius 3 is 2.40 bits per heavy atom. The number of halogens is 1. The SMILES string of the molecule is C=CC(=O)Nc1cc(Nc2cc(N3OCC[C@@H]3c3cccc(Cl)c3C)ncn2)c(OC)cc1N1CCC(N2CCN(C3CC3)CC2)CC1. The summed E-state index contributed by atoms with van der Waals surface area (Å²) >= 11 is 6.45. The highest BCUT2D eigenvalue weighted by atomic mass is 35.5. The predicted molar refractivity (Wildman–Crippen MR) is 191 cm³/mol. The number of piperidine rings is 1. The zero-order chi connectivity index (χ0) is 33.2. The lowest BCUT2D eigenvalue weighted by Gasteiger charge is -2.43. The first-order valence-corrected chi connectivity index (χ1v) is 17.4. The van der Waals surface area contributed by atoms with Gasteiger partial charge in [0.1, 0.15) is 17.9 Å². The largest absolute Gasteiger partial charge is 0.494 e. The minimum atomic E-state index is -0.270. The van der Waals surface area contributed by atoms with Crippen LogP contribution in [0.3, 0.4) is 0 Å². The monoisotopic (exact) mass is 672 g/mol. The summed E-state index contributed by atoms with van der Waals surface area (Å²) in [6, 6.07) is 13.1. The maximum absolute atomic E-state index is 12.6. The van der Waals surface area contributed by atoms with Gasteiger partial charge in [-0.2, -0.15) is 0 Å². The number of hydroxylamine groups is 1. The van der Waals surface area contributed by atoms with Crippen molar-refractivity contribution in [3.8, 4) is 5.75 Å². The molecule has 4 fully saturated rings. The quantitative estimate of drug-likeness (QED) is 0.252. The van der Waals surface area contributed by atoms with E-state index in [4.69, 9.17) is 21.2 Å². The third-order valence-corrected chi connectivity index (χ3v) is 10.6. The molecule has 12 heteroatoms. The number of hydrogen-bond donors (Lipinski definition) is 2. The Bertz CT molecular complexity index is 1640. The topological polar surface area (TPSA) is 98.3 Å². The third kappa shape index (κ3) is 6.96. The lowest BCUT2D eigenvalue weighted by Crippen LogP contribution is -2.53. The number of amides is 1. The molecule has 0 spiro atoms. The smallest absolute Gasteiger partial charge is 0.247 e. The summed E-state index contributed by atoms with van der Waals surface area (Å²) in [5, 5.41) is 9.00. The molecule has 1 amide bonds. The van der Waals surface area contributed by atoms with Gasteiger partial charge in [-0.1, -0.05) is 30.3 Å². The van der Waals surface area contributed by atoms with Crippen molar-refractivity contribution in [2.24, 2.45) is 0 Å². The van der Waals surface area contributed by atoms with Gasteiger partial charge < -0.3 is 20.3 Å². The number of aromatic nitrogens is 2. The molecular weight excluding hydrogens is 628 g/mol. The van der Waals surface area contributed by atoms with Gasteiger partial charge in [-0.05, 0) is 61.9 Å². The molecule has 4 aliphatic rings. The lowest BCUT2D eigenvalue weighted by atomic mass is 9.99. The second kappa shape index (κ2) is 14.3. The highest BCUT2D eigenvalue weighted by Gasteiger charge is 2.34. The zero-order valence-corrected chi connectivity index (χ0v) is 28.6. The molecule has 1 aromatic heterocycles. The minimum absolute atomic E-state index is 0.0301. The summed E-state index contributed by atoms with van der Waals surface area (Å²) < 4.78 is 5.89. The molecule has 254 valence electrons. The number of piperazine rings is 1. The molecule has 1 saturated carbocycles. The summed E-state index contributed by atoms with van der Waals surface area (Å²) in [4.78, 5) is 35.4. The van der Waals surface area contributed by atoms with E-state index in [2.05, 4.69) is 47.9 Å². The summed E-state index contributed by atoms with van der Waals surface area (Å²) in [5.41, 5.74) is 4.42. The van der Waals surface area contributed by atoms with Crippen molar-refractivity contribution in [3.05, 3.63) is 71.5 Å². The van der Waals surface area contributed by atoms with Crippen LogP contribution in [0.5, 0.6) is 5.75 Å². The van der Waals surface area contributed by atoms with E-state index in [1.54, 1.807) is 7.11 Å². The fraction of sp³-hybridized carbons (Fsp3) is 0.472. The lowest BCUT2D eigenvalue weighted by molar-refractivity contribution is -0.111. The Labute approximate surface area is 287 Å². The molecule has 1 aliphatic carbocycles. The molecular formula is C36H45ClN8O3. The number of methoxy groups -OCH3 is 1. The van der Waals surface area contributed by atoms with Crippen molar-refractivity contribution in [2.45, 2.75) is 57.2 Å². The van der Waals surface area contributed by atoms with Crippen LogP contribution in [0.4, 0.5) is 28.7 Å². The average molecular weight is 673 g/mol. The molecule has 7 rings (SSSR count). The van der Waals surface area contributed by atoms with E-state index in [9.17, 15) is 4.79 Å². The number of nitrogens with zero attached hydrogens (tertiary/aromatic N) is 6. The van der Waals surface area contributed by atoms with Crippen molar-refractivity contribution in [2.75, 3.05) is 73.6 Å². The van der Waals surface area contributed by atoms with Crippen LogP contribution in [0, 0.1) is 6.92 Å². The molecule has 3 saturated heterocycles. The molecule has 2 aromatic carbocycles. The molecule has 3 aromatic rings. The van der Waals surface area contributed by atoms with E-state index in [0.29, 0.717) is 41.4 Å². The highest BCUT2D eigenvalue weighted by molar-refractivity contribution is 6.31. The predicted octanol–water partition coefficient (Wildman–Crippen LogP) is 5.95. The number of rotatable bonds is 10. The van der Waals surface area contributed by atoms with Gasteiger partial charge in [0.25, 0.3) is 0 Å². The van der Waals surface area contributed by atoms with Crippen LogP contribution in [0.25, 0.3) is 0 Å². The number of nitrogens with one attached hydrogen (secondary N) is 2. The summed E-state index contributed by atoms with van der Waals surface area (Å²) in [6.45, 7) is 12.8. The summed E-state index contributed by atoms with van der Waals surface area (Å²) in [6.07, 6.45) is 8.53. The molecule has 48 heavy (non-hydrogen) atoms. The minimum Gasteiger partial charge on any atom is -0.494 e. The first kappa shape index (κ1) is 32.6. The molecule has 1 atom stereocenters. The van der Waals surface area contributed by atoms with Crippen LogP contribution in [0.1, 0.15) is 49.3 Å². The van der Waals surface area contributed by atoms with E-state index in [-0.39, 0.29) is 11.9 Å². The Kier molecular flexibility index (Phi) is 9.72. The molecule has 0 unspecified atom stereocenters. The Morgan fingerprint density at radius 1 is 0.979 bits per heavy atom. The van der Waals surface area contributed by atoms with Gasteiger partial charge in [0.05, 0.1) is 36.8 Å². The van der Waals surface area contributed by atoms with Crippen LogP contribution in [0.15, 0.2) is 55.4 Å². The van der Waals surface area contributed by atoms with E-state index in [1.165, 1.54) is 38.3 Å². The van der Waals surface area contributed by atoms with Crippen LogP contribution in [-0.4, -0.2) is 90.7 Å². The Morgan fingerprint density at radius 2 is 1.71 bits per heavy atom. The number of carbonyl (C=O) groups is 1. The molecule has 11 nitrogen and oxygen atoms in total. The van der Waals surface area contributed by atoms with Gasteiger partial charge in [0, 0.05) is 74.9 Å². The molecule has 0 bridgehead atoms. The van der Waals surface area contributed by atoms with Crippen molar-refractivity contribution in [3.63, 3.8) is 0 Å². The van der Waals surface area contributed by atoms with E-state index >= 15 is 0 Å². The normalized spacial score (nSPS) is 20.9. The van der Waals surface area contributed by atoms with Gasteiger partial charge in [0.2, 0.25) is 5.91 Å². The number of anilines is 5. The fourth-order valence-corrected chi connectivity index (χ4v) is 7.58. The third-order valence-electron chi connectivity index (χ3n) is 10.2. The van der Waals surface area contributed by atoms with Gasteiger partial charge >= 0.3 is 0 Å². The Balaban J connectivity index is 1.09. The maximum Gasteiger partial charge on any atom is 0.247 e. The highest BCUT2D eigenvalue weighted by Crippen LogP contribution is 2.41. The van der Waals surface area contributed by atoms with E-state index in [0.717, 1.165) is 73.3 Å². The van der Waals surface area contributed by atoms with Gasteiger partial charge in [0.15, 0.2) is 5.82 Å². The van der Waals surface area contributed by atoms with Crippen LogP contribution >= 0.6 is 11.6 Å². The van der Waals surface area contributed by atoms with Crippen molar-refractivity contribution >= 4 is 46.2 Å². The average Bonchev–Trinajstić information content (AvgIpc) is 3.86. The molecule has 0 radical (unpaired) electrons. The van der Waals surface area contributed by atoms with Crippen molar-refractivity contribution in [1.29, 1.82) is 0 Å². The van der Waals surface area contributed by atoms with Gasteiger partial charge in [-0.25, -0.2) is 15.0 Å². The maximum atomic E-state index is 12.6. The summed E-state index contributed by atoms with van der Waals surface area (Å²) in [5.74, 6) is 1.56. The van der Waals surface area contributed by atoms with Crippen molar-refractivity contribution in [1.82, 2.24) is 19.8 Å². The van der Waals surface area contributed by atoms with Crippen LogP contribution in [-0.2, 0) is 9.63 Å². The first-order valence-electron chi connectivity index (χ1n) is 17.1. The zero-order valence-electron chi connectivity index (χ0n) is 27.8. The number of hydrogen-bond acceptors (Lipinski definition) is 10.